The van der Waals surface area contributed by atoms with Crippen molar-refractivity contribution in [2.24, 2.45) is 0 Å². The highest BCUT2D eigenvalue weighted by Gasteiger charge is 2.14. The maximum atomic E-state index is 12.2. The summed E-state index contributed by atoms with van der Waals surface area (Å²) in [5, 5.41) is 0. The number of rotatable bonds is 7. The van der Waals surface area contributed by atoms with E-state index in [4.69, 9.17) is 0 Å². The molecule has 0 fully saturated rings. The minimum atomic E-state index is -3.57. The van der Waals surface area contributed by atoms with Crippen LogP contribution in [0.1, 0.15) is 22.3 Å². The number of aryl methyl sites for hydroxylation is 1. The first-order chi connectivity index (χ1) is 11.0. The number of carbonyl (C=O) groups excluding carboxylic acids is 1. The molecule has 0 radical (unpaired) electrons. The Bertz CT molecular complexity index is 740. The molecule has 0 spiro atoms. The second-order valence-electron chi connectivity index (χ2n) is 5.00. The molecular formula is C17H19NO4S. The number of nitrogens with one attached hydrogen (secondary N) is 1. The van der Waals surface area contributed by atoms with E-state index in [0.29, 0.717) is 18.5 Å². The van der Waals surface area contributed by atoms with Crippen molar-refractivity contribution in [1.29, 1.82) is 0 Å². The van der Waals surface area contributed by atoms with Crippen molar-refractivity contribution in [1.82, 2.24) is 4.72 Å². The molecule has 0 bridgehead atoms. The molecule has 5 nitrogen and oxygen atoms in total. The van der Waals surface area contributed by atoms with Crippen LogP contribution in [0.3, 0.4) is 0 Å². The van der Waals surface area contributed by atoms with Crippen LogP contribution in [0, 0.1) is 0 Å². The third-order valence-electron chi connectivity index (χ3n) is 3.36. The van der Waals surface area contributed by atoms with E-state index in [1.807, 2.05) is 30.3 Å². The number of benzene rings is 2. The van der Waals surface area contributed by atoms with E-state index in [2.05, 4.69) is 9.46 Å². The summed E-state index contributed by atoms with van der Waals surface area (Å²) in [6.07, 6.45) is 1.52. The summed E-state index contributed by atoms with van der Waals surface area (Å²) in [4.78, 5) is 11.5. The van der Waals surface area contributed by atoms with Crippen molar-refractivity contribution in [3.05, 3.63) is 65.7 Å². The zero-order valence-corrected chi connectivity index (χ0v) is 13.7. The number of methoxy groups -OCH3 is 1. The van der Waals surface area contributed by atoms with Crippen LogP contribution >= 0.6 is 0 Å². The molecule has 0 unspecified atom stereocenters. The third kappa shape index (κ3) is 4.91. The predicted octanol–water partition coefficient (Wildman–Crippen LogP) is 2.38. The van der Waals surface area contributed by atoms with Crippen LogP contribution in [0.5, 0.6) is 0 Å². The van der Waals surface area contributed by atoms with Gasteiger partial charge in [-0.1, -0.05) is 30.3 Å². The zero-order chi connectivity index (χ0) is 16.7. The van der Waals surface area contributed by atoms with Crippen molar-refractivity contribution in [3.63, 3.8) is 0 Å². The fourth-order valence-corrected chi connectivity index (χ4v) is 3.19. The molecule has 0 heterocycles. The van der Waals surface area contributed by atoms with Gasteiger partial charge in [-0.2, -0.15) is 0 Å². The Morgan fingerprint density at radius 3 is 2.30 bits per heavy atom. The van der Waals surface area contributed by atoms with Crippen LogP contribution in [0.4, 0.5) is 0 Å². The molecule has 122 valence electrons. The van der Waals surface area contributed by atoms with Crippen molar-refractivity contribution in [2.75, 3.05) is 13.7 Å². The minimum absolute atomic E-state index is 0.130. The van der Waals surface area contributed by atoms with Gasteiger partial charge in [-0.3, -0.25) is 0 Å². The largest absolute Gasteiger partial charge is 0.465 e. The summed E-state index contributed by atoms with van der Waals surface area (Å²) in [5.41, 5.74) is 1.49. The molecule has 6 heteroatoms. The lowest BCUT2D eigenvalue weighted by Gasteiger charge is -2.07. The fourth-order valence-electron chi connectivity index (χ4n) is 2.12. The van der Waals surface area contributed by atoms with Crippen molar-refractivity contribution in [2.45, 2.75) is 17.7 Å². The molecule has 0 amide bonds. The Labute approximate surface area is 136 Å². The average Bonchev–Trinajstić information content (AvgIpc) is 2.59. The van der Waals surface area contributed by atoms with Gasteiger partial charge in [-0.05, 0) is 42.7 Å². The average molecular weight is 333 g/mol. The van der Waals surface area contributed by atoms with E-state index in [1.54, 1.807) is 0 Å². The molecule has 0 aliphatic heterocycles. The zero-order valence-electron chi connectivity index (χ0n) is 12.9. The molecule has 0 aromatic heterocycles. The van der Waals surface area contributed by atoms with E-state index < -0.39 is 16.0 Å². The number of ether oxygens (including phenoxy) is 1. The molecule has 0 saturated carbocycles. The minimum Gasteiger partial charge on any atom is -0.465 e. The number of sulfonamides is 1. The summed E-state index contributed by atoms with van der Waals surface area (Å²) in [7, 11) is -2.29. The molecule has 0 atom stereocenters. The van der Waals surface area contributed by atoms with Gasteiger partial charge in [0.2, 0.25) is 10.0 Å². The van der Waals surface area contributed by atoms with Gasteiger partial charge in [-0.25, -0.2) is 17.9 Å². The predicted molar refractivity (Wildman–Crippen MR) is 87.7 cm³/mol. The highest BCUT2D eigenvalue weighted by atomic mass is 32.2. The van der Waals surface area contributed by atoms with Crippen LogP contribution < -0.4 is 4.72 Å². The first-order valence-corrected chi connectivity index (χ1v) is 8.73. The highest BCUT2D eigenvalue weighted by molar-refractivity contribution is 7.89. The summed E-state index contributed by atoms with van der Waals surface area (Å²) in [5.74, 6) is -0.496. The van der Waals surface area contributed by atoms with Crippen LogP contribution in [-0.2, 0) is 21.2 Å². The van der Waals surface area contributed by atoms with Gasteiger partial charge in [0, 0.05) is 6.54 Å². The van der Waals surface area contributed by atoms with E-state index in [1.165, 1.54) is 36.9 Å². The molecule has 2 aromatic rings. The van der Waals surface area contributed by atoms with Crippen LogP contribution in [0.2, 0.25) is 0 Å². The van der Waals surface area contributed by atoms with Crippen molar-refractivity contribution in [3.8, 4) is 0 Å². The van der Waals surface area contributed by atoms with Crippen molar-refractivity contribution >= 4 is 16.0 Å². The molecule has 2 aromatic carbocycles. The van der Waals surface area contributed by atoms with Gasteiger partial charge in [0.25, 0.3) is 0 Å². The lowest BCUT2D eigenvalue weighted by molar-refractivity contribution is 0.0600. The summed E-state index contributed by atoms with van der Waals surface area (Å²) < 4.78 is 31.5. The molecule has 0 aliphatic rings. The van der Waals surface area contributed by atoms with E-state index >= 15 is 0 Å². The number of esters is 1. The molecule has 0 saturated heterocycles. The Morgan fingerprint density at radius 1 is 1.04 bits per heavy atom. The highest BCUT2D eigenvalue weighted by Crippen LogP contribution is 2.11. The van der Waals surface area contributed by atoms with Gasteiger partial charge in [-0.15, -0.1) is 0 Å². The summed E-state index contributed by atoms with van der Waals surface area (Å²) in [6, 6.07) is 15.6. The lowest BCUT2D eigenvalue weighted by Crippen LogP contribution is -2.25. The van der Waals surface area contributed by atoms with Gasteiger partial charge < -0.3 is 4.74 Å². The Kier molecular flexibility index (Phi) is 5.90. The van der Waals surface area contributed by atoms with Gasteiger partial charge in [0.05, 0.1) is 17.6 Å². The van der Waals surface area contributed by atoms with E-state index in [9.17, 15) is 13.2 Å². The SMILES string of the molecule is COC(=O)c1ccc(S(=O)(=O)NCCCc2ccccc2)cc1. The molecule has 1 N–H and O–H groups in total. The second-order valence-corrected chi connectivity index (χ2v) is 6.77. The maximum absolute atomic E-state index is 12.2. The first-order valence-electron chi connectivity index (χ1n) is 7.25. The molecular weight excluding hydrogens is 314 g/mol. The lowest BCUT2D eigenvalue weighted by atomic mass is 10.1. The van der Waals surface area contributed by atoms with E-state index in [-0.39, 0.29) is 4.90 Å². The van der Waals surface area contributed by atoms with Gasteiger partial charge in [0.15, 0.2) is 0 Å². The number of hydrogen-bond donors (Lipinski definition) is 1. The third-order valence-corrected chi connectivity index (χ3v) is 4.84. The Balaban J connectivity index is 1.90. The molecule has 0 aliphatic carbocycles. The Hall–Kier alpha value is -2.18. The number of hydrogen-bond acceptors (Lipinski definition) is 4. The monoisotopic (exact) mass is 333 g/mol. The van der Waals surface area contributed by atoms with Crippen LogP contribution in [0.15, 0.2) is 59.5 Å². The van der Waals surface area contributed by atoms with Gasteiger partial charge >= 0.3 is 5.97 Å². The maximum Gasteiger partial charge on any atom is 0.337 e. The first kappa shape index (κ1) is 17.2. The smallest absolute Gasteiger partial charge is 0.337 e. The van der Waals surface area contributed by atoms with Crippen LogP contribution in [0.25, 0.3) is 0 Å². The molecule has 2 rings (SSSR count). The fraction of sp³-hybridized carbons (Fsp3) is 0.235. The summed E-state index contributed by atoms with van der Waals surface area (Å²) >= 11 is 0. The second kappa shape index (κ2) is 7.89. The number of carbonyl (C=O) groups is 1. The van der Waals surface area contributed by atoms with Crippen molar-refractivity contribution < 1.29 is 17.9 Å². The quantitative estimate of drug-likeness (QED) is 0.624. The van der Waals surface area contributed by atoms with Crippen LogP contribution in [-0.4, -0.2) is 28.0 Å². The van der Waals surface area contributed by atoms with E-state index in [0.717, 1.165) is 6.42 Å². The standard InChI is InChI=1S/C17H19NO4S/c1-22-17(19)15-9-11-16(12-10-15)23(20,21)18-13-5-8-14-6-3-2-4-7-14/h2-4,6-7,9-12,18H,5,8,13H2,1H3. The van der Waals surface area contributed by atoms with Gasteiger partial charge in [0.1, 0.15) is 0 Å². The topological polar surface area (TPSA) is 72.5 Å². The Morgan fingerprint density at radius 2 is 1.70 bits per heavy atom. The molecule has 23 heavy (non-hydrogen) atoms. The normalized spacial score (nSPS) is 11.2. The summed E-state index contributed by atoms with van der Waals surface area (Å²) in [6.45, 7) is 0.357.